The predicted octanol–water partition coefficient (Wildman–Crippen LogP) is 3.61. The van der Waals surface area contributed by atoms with Crippen LogP contribution in [0.15, 0.2) is 77.9 Å². The largest absolute Gasteiger partial charge is 0.449 e. The van der Waals surface area contributed by atoms with Gasteiger partial charge in [-0.05, 0) is 56.3 Å². The maximum Gasteiger partial charge on any atom is 0.338 e. The molecule has 3 aromatic heterocycles. The third kappa shape index (κ3) is 4.52. The minimum Gasteiger partial charge on any atom is -0.449 e. The second-order valence-corrected chi connectivity index (χ2v) is 8.53. The summed E-state index contributed by atoms with van der Waals surface area (Å²) in [6, 6.07) is 17.7. The molecule has 0 spiro atoms. The number of anilines is 1. The molecule has 0 saturated heterocycles. The second-order valence-electron chi connectivity index (χ2n) is 8.53. The fourth-order valence-electron chi connectivity index (χ4n) is 4.00. The first kappa shape index (κ1) is 23.7. The van der Waals surface area contributed by atoms with Crippen LogP contribution in [0.3, 0.4) is 0 Å². The number of aromatic amines is 1. The number of para-hydroxylation sites is 1. The van der Waals surface area contributed by atoms with E-state index in [0.717, 1.165) is 5.56 Å². The zero-order valence-electron chi connectivity index (χ0n) is 20.4. The van der Waals surface area contributed by atoms with Crippen molar-refractivity contribution in [3.8, 4) is 17.1 Å². The number of hydrogen-bond acceptors (Lipinski definition) is 6. The number of fused-ring (bicyclic) bond motifs is 1. The molecule has 10 heteroatoms. The maximum absolute atomic E-state index is 13.0. The van der Waals surface area contributed by atoms with E-state index in [1.807, 2.05) is 30.3 Å². The maximum atomic E-state index is 13.0. The van der Waals surface area contributed by atoms with Gasteiger partial charge in [-0.3, -0.25) is 19.3 Å². The van der Waals surface area contributed by atoms with Crippen LogP contribution in [0.25, 0.3) is 28.1 Å². The molecular formula is C27H24N6O4. The highest BCUT2D eigenvalue weighted by Crippen LogP contribution is 2.21. The van der Waals surface area contributed by atoms with E-state index < -0.39 is 18.0 Å². The second kappa shape index (κ2) is 9.57. The van der Waals surface area contributed by atoms with E-state index in [9.17, 15) is 14.4 Å². The number of carbonyl (C=O) groups excluding carboxylic acids is 2. The highest BCUT2D eigenvalue weighted by atomic mass is 16.5. The topological polar surface area (TPSA) is 124 Å². The number of rotatable bonds is 6. The summed E-state index contributed by atoms with van der Waals surface area (Å²) < 4.78 is 8.52. The Morgan fingerprint density at radius 1 is 1.08 bits per heavy atom. The number of hydrogen-bond donors (Lipinski definition) is 2. The number of ether oxygens (including phenoxy) is 1. The highest BCUT2D eigenvalue weighted by molar-refractivity contribution is 5.99. The summed E-state index contributed by atoms with van der Waals surface area (Å²) in [7, 11) is 1.73. The SMILES string of the molecule is Cc1c(NC(=O)C(C)OC(=O)c2ccc3nc(-c4cccnc4)[nH]c3c2)c(=O)n(-c2ccccc2)n1C. The van der Waals surface area contributed by atoms with Gasteiger partial charge in [0, 0.05) is 25.0 Å². The van der Waals surface area contributed by atoms with Crippen molar-refractivity contribution in [1.82, 2.24) is 24.3 Å². The van der Waals surface area contributed by atoms with E-state index in [1.165, 1.54) is 11.6 Å². The number of imidazole rings is 1. The van der Waals surface area contributed by atoms with Gasteiger partial charge in [0.05, 0.1) is 28.0 Å². The minimum atomic E-state index is -1.14. The van der Waals surface area contributed by atoms with Crippen molar-refractivity contribution in [3.05, 3.63) is 94.7 Å². The van der Waals surface area contributed by atoms with E-state index in [1.54, 1.807) is 61.4 Å². The normalized spacial score (nSPS) is 11.9. The first-order chi connectivity index (χ1) is 17.8. The molecule has 5 aromatic rings. The van der Waals surface area contributed by atoms with E-state index in [4.69, 9.17) is 4.74 Å². The minimum absolute atomic E-state index is 0.126. The van der Waals surface area contributed by atoms with Crippen LogP contribution >= 0.6 is 0 Å². The van der Waals surface area contributed by atoms with Gasteiger partial charge >= 0.3 is 5.97 Å². The van der Waals surface area contributed by atoms with Crippen molar-refractivity contribution in [2.45, 2.75) is 20.0 Å². The number of aromatic nitrogens is 5. The van der Waals surface area contributed by atoms with Gasteiger partial charge in [0.2, 0.25) is 0 Å². The molecule has 10 nitrogen and oxygen atoms in total. The quantitative estimate of drug-likeness (QED) is 0.346. The fraction of sp³-hybridized carbons (Fsp3) is 0.148. The van der Waals surface area contributed by atoms with Gasteiger partial charge in [0.1, 0.15) is 11.5 Å². The lowest BCUT2D eigenvalue weighted by atomic mass is 10.2. The van der Waals surface area contributed by atoms with Crippen LogP contribution in [0.4, 0.5) is 5.69 Å². The molecule has 186 valence electrons. The van der Waals surface area contributed by atoms with E-state index in [2.05, 4.69) is 20.3 Å². The third-order valence-electron chi connectivity index (χ3n) is 6.11. The summed E-state index contributed by atoms with van der Waals surface area (Å²) in [5, 5.41) is 2.62. The summed E-state index contributed by atoms with van der Waals surface area (Å²) in [6.45, 7) is 3.18. The van der Waals surface area contributed by atoms with Crippen LogP contribution in [0, 0.1) is 6.92 Å². The molecular weight excluding hydrogens is 472 g/mol. The van der Waals surface area contributed by atoms with Crippen molar-refractivity contribution in [3.63, 3.8) is 0 Å². The average molecular weight is 497 g/mol. The van der Waals surface area contributed by atoms with Gasteiger partial charge in [-0.2, -0.15) is 0 Å². The predicted molar refractivity (Wildman–Crippen MR) is 139 cm³/mol. The lowest BCUT2D eigenvalue weighted by Crippen LogP contribution is -2.32. The van der Waals surface area contributed by atoms with E-state index >= 15 is 0 Å². The molecule has 0 fully saturated rings. The fourth-order valence-corrected chi connectivity index (χ4v) is 4.00. The lowest BCUT2D eigenvalue weighted by Gasteiger charge is -2.13. The molecule has 2 N–H and O–H groups in total. The molecule has 1 atom stereocenters. The Morgan fingerprint density at radius 2 is 1.86 bits per heavy atom. The van der Waals surface area contributed by atoms with Crippen molar-refractivity contribution in [2.75, 3.05) is 5.32 Å². The first-order valence-corrected chi connectivity index (χ1v) is 11.6. The molecule has 1 unspecified atom stereocenters. The molecule has 2 aromatic carbocycles. The Hall–Kier alpha value is -4.99. The van der Waals surface area contributed by atoms with Crippen LogP contribution in [0.1, 0.15) is 23.0 Å². The summed E-state index contributed by atoms with van der Waals surface area (Å²) in [6.07, 6.45) is 2.23. The van der Waals surface area contributed by atoms with Crippen LogP contribution < -0.4 is 10.9 Å². The van der Waals surface area contributed by atoms with Gasteiger partial charge in [0.15, 0.2) is 6.10 Å². The molecule has 37 heavy (non-hydrogen) atoms. The monoisotopic (exact) mass is 496 g/mol. The van der Waals surface area contributed by atoms with Crippen LogP contribution in [-0.4, -0.2) is 42.3 Å². The highest BCUT2D eigenvalue weighted by Gasteiger charge is 2.24. The van der Waals surface area contributed by atoms with Crippen molar-refractivity contribution >= 4 is 28.6 Å². The molecule has 3 heterocycles. The van der Waals surface area contributed by atoms with Crippen molar-refractivity contribution in [1.29, 1.82) is 0 Å². The Morgan fingerprint density at radius 3 is 2.59 bits per heavy atom. The summed E-state index contributed by atoms with van der Waals surface area (Å²) in [4.78, 5) is 50.5. The third-order valence-corrected chi connectivity index (χ3v) is 6.11. The Kier molecular flexibility index (Phi) is 6.14. The number of nitrogens with one attached hydrogen (secondary N) is 2. The van der Waals surface area contributed by atoms with Gasteiger partial charge in [-0.1, -0.05) is 18.2 Å². The molecule has 0 aliphatic carbocycles. The number of carbonyl (C=O) groups is 2. The zero-order valence-corrected chi connectivity index (χ0v) is 20.4. The van der Waals surface area contributed by atoms with Gasteiger partial charge in [-0.25, -0.2) is 14.5 Å². The summed E-state index contributed by atoms with van der Waals surface area (Å²) in [5.74, 6) is -0.657. The smallest absolute Gasteiger partial charge is 0.338 e. The Labute approximate surface area is 211 Å². The zero-order chi connectivity index (χ0) is 26.1. The van der Waals surface area contributed by atoms with Gasteiger partial charge < -0.3 is 15.0 Å². The van der Waals surface area contributed by atoms with Crippen molar-refractivity contribution < 1.29 is 14.3 Å². The van der Waals surface area contributed by atoms with Gasteiger partial charge in [-0.15, -0.1) is 0 Å². The number of amides is 1. The molecule has 0 bridgehead atoms. The van der Waals surface area contributed by atoms with Crippen LogP contribution in [0.2, 0.25) is 0 Å². The van der Waals surface area contributed by atoms with Crippen molar-refractivity contribution in [2.24, 2.45) is 7.05 Å². The molecule has 0 saturated carbocycles. The Bertz CT molecular complexity index is 1670. The summed E-state index contributed by atoms with van der Waals surface area (Å²) in [5.41, 5.74) is 3.37. The van der Waals surface area contributed by atoms with Gasteiger partial charge in [0.25, 0.3) is 11.5 Å². The number of esters is 1. The lowest BCUT2D eigenvalue weighted by molar-refractivity contribution is -0.123. The van der Waals surface area contributed by atoms with Crippen LogP contribution in [-0.2, 0) is 16.6 Å². The van der Waals surface area contributed by atoms with E-state index in [-0.39, 0.29) is 16.8 Å². The number of nitrogens with zero attached hydrogens (tertiary/aromatic N) is 4. The first-order valence-electron chi connectivity index (χ1n) is 11.6. The number of benzene rings is 2. The molecule has 5 rings (SSSR count). The number of H-pyrrole nitrogens is 1. The standard InChI is InChI=1S/C27H24N6O4/c1-16-23(26(35)33(32(16)3)20-9-5-4-6-10-20)31-25(34)17(2)37-27(36)18-11-12-21-22(14-18)30-24(29-21)19-8-7-13-28-15-19/h4-15,17H,1-3H3,(H,29,30)(H,31,34). The Balaban J connectivity index is 1.31. The molecule has 0 aliphatic rings. The molecule has 0 radical (unpaired) electrons. The molecule has 0 aliphatic heterocycles. The molecule has 1 amide bonds. The van der Waals surface area contributed by atoms with E-state index in [0.29, 0.717) is 28.2 Å². The summed E-state index contributed by atoms with van der Waals surface area (Å²) >= 11 is 0. The average Bonchev–Trinajstić information content (AvgIpc) is 3.43. The van der Waals surface area contributed by atoms with Crippen LogP contribution in [0.5, 0.6) is 0 Å². The number of pyridine rings is 1.